The van der Waals surface area contributed by atoms with Crippen LogP contribution in [0.25, 0.3) is 5.52 Å². The molecular weight excluding hydrogens is 432 g/mol. The van der Waals surface area contributed by atoms with Crippen molar-refractivity contribution in [2.45, 2.75) is 49.2 Å². The molecule has 0 bridgehead atoms. The molecule has 1 saturated heterocycles. The molecule has 4 aromatic rings. The van der Waals surface area contributed by atoms with Gasteiger partial charge in [-0.15, -0.1) is 0 Å². The van der Waals surface area contributed by atoms with Crippen molar-refractivity contribution in [1.82, 2.24) is 24.1 Å². The van der Waals surface area contributed by atoms with Crippen LogP contribution < -0.4 is 16.4 Å². The van der Waals surface area contributed by atoms with E-state index in [9.17, 15) is 0 Å². The Kier molecular flexibility index (Phi) is 4.67. The molecule has 170 valence electrons. The Bertz CT molecular complexity index is 1350. The monoisotopic (exact) mass is 460 g/mol. The van der Waals surface area contributed by atoms with E-state index in [1.54, 1.807) is 11.8 Å². The van der Waals surface area contributed by atoms with Crippen LogP contribution in [0.5, 0.6) is 0 Å². The number of aromatic nitrogens is 5. The molecule has 1 atom stereocenters. The number of anilines is 2. The summed E-state index contributed by atoms with van der Waals surface area (Å²) in [5, 5.41) is 5.18. The fraction of sp³-hybridized carbons (Fsp3) is 0.375. The highest BCUT2D eigenvalue weighted by molar-refractivity contribution is 7.99. The lowest BCUT2D eigenvalue weighted by Gasteiger charge is -2.41. The van der Waals surface area contributed by atoms with Gasteiger partial charge in [-0.05, 0) is 56.0 Å². The number of fused-ring (bicyclic) bond motifs is 2. The van der Waals surface area contributed by atoms with E-state index < -0.39 is 0 Å². The Morgan fingerprint density at radius 3 is 2.76 bits per heavy atom. The molecule has 1 spiro atoms. The number of hydrogen-bond acceptors (Lipinski definition) is 7. The number of hydrogen-bond donors (Lipinski definition) is 2. The molecule has 1 fully saturated rings. The standard InChI is InChI=1S/C24H28N8S/c1-15-11-18-16(2)19(4-8-31(18)13-15)33-23-22(26)29-20(12-27-23)30-9-5-24(6-10-30)14-32-17(21(24)25)3-7-28-32/h3-4,7-8,11-13,21H,5-6,9-10,14,25H2,1-2H3,(H2,26,29)/t21-/m1/s1. The van der Waals surface area contributed by atoms with E-state index in [1.807, 2.05) is 18.5 Å². The summed E-state index contributed by atoms with van der Waals surface area (Å²) in [6.45, 7) is 6.93. The first-order valence-electron chi connectivity index (χ1n) is 11.3. The van der Waals surface area contributed by atoms with Crippen molar-refractivity contribution in [2.75, 3.05) is 23.7 Å². The molecule has 4 N–H and O–H groups in total. The minimum atomic E-state index is 0.0436. The minimum absolute atomic E-state index is 0.0436. The van der Waals surface area contributed by atoms with E-state index in [0.717, 1.165) is 53.9 Å². The van der Waals surface area contributed by atoms with E-state index >= 15 is 0 Å². The molecule has 0 radical (unpaired) electrons. The molecule has 2 aliphatic heterocycles. The van der Waals surface area contributed by atoms with E-state index in [4.69, 9.17) is 21.4 Å². The van der Waals surface area contributed by atoms with Crippen molar-refractivity contribution in [1.29, 1.82) is 0 Å². The van der Waals surface area contributed by atoms with Gasteiger partial charge < -0.3 is 20.8 Å². The molecule has 33 heavy (non-hydrogen) atoms. The fourth-order valence-electron chi connectivity index (χ4n) is 5.37. The van der Waals surface area contributed by atoms with Crippen LogP contribution in [0.2, 0.25) is 0 Å². The zero-order valence-electron chi connectivity index (χ0n) is 18.9. The van der Waals surface area contributed by atoms with Gasteiger partial charge in [0.2, 0.25) is 0 Å². The van der Waals surface area contributed by atoms with Crippen LogP contribution in [0.4, 0.5) is 11.6 Å². The third-order valence-corrected chi connectivity index (χ3v) is 8.53. The van der Waals surface area contributed by atoms with Crippen molar-refractivity contribution in [3.63, 3.8) is 0 Å². The zero-order valence-corrected chi connectivity index (χ0v) is 19.7. The first kappa shape index (κ1) is 20.6. The second-order valence-corrected chi connectivity index (χ2v) is 10.4. The van der Waals surface area contributed by atoms with Crippen LogP contribution in [0.1, 0.15) is 35.7 Å². The summed E-state index contributed by atoms with van der Waals surface area (Å²) in [5.74, 6) is 1.31. The Morgan fingerprint density at radius 2 is 2.00 bits per heavy atom. The number of pyridine rings is 1. The summed E-state index contributed by atoms with van der Waals surface area (Å²) >= 11 is 1.57. The molecule has 0 aromatic carbocycles. The van der Waals surface area contributed by atoms with Gasteiger partial charge in [0.25, 0.3) is 0 Å². The summed E-state index contributed by atoms with van der Waals surface area (Å²) in [6.07, 6.45) is 9.92. The van der Waals surface area contributed by atoms with Crippen LogP contribution in [0.3, 0.4) is 0 Å². The van der Waals surface area contributed by atoms with Gasteiger partial charge >= 0.3 is 0 Å². The normalized spacial score (nSPS) is 19.5. The molecule has 6 rings (SSSR count). The highest BCUT2D eigenvalue weighted by atomic mass is 32.2. The molecule has 0 amide bonds. The average molecular weight is 461 g/mol. The highest BCUT2D eigenvalue weighted by Gasteiger charge is 2.47. The SMILES string of the molecule is Cc1cc2c(C)c(Sc3ncc(N4CCC5(CC4)Cn4nccc4[C@H]5N)nc3N)ccn2c1. The first-order chi connectivity index (χ1) is 15.9. The van der Waals surface area contributed by atoms with Crippen molar-refractivity contribution in [2.24, 2.45) is 11.1 Å². The lowest BCUT2D eigenvalue weighted by atomic mass is 9.73. The third kappa shape index (κ3) is 3.29. The first-order valence-corrected chi connectivity index (χ1v) is 12.2. The maximum absolute atomic E-state index is 6.62. The summed E-state index contributed by atoms with van der Waals surface area (Å²) < 4.78 is 4.22. The summed E-state index contributed by atoms with van der Waals surface area (Å²) in [7, 11) is 0. The van der Waals surface area contributed by atoms with Crippen LogP contribution >= 0.6 is 11.8 Å². The Hall–Kier alpha value is -3.04. The van der Waals surface area contributed by atoms with Gasteiger partial charge in [-0.1, -0.05) is 11.8 Å². The van der Waals surface area contributed by atoms with Crippen LogP contribution in [0.15, 0.2) is 52.9 Å². The summed E-state index contributed by atoms with van der Waals surface area (Å²) in [4.78, 5) is 12.8. The second-order valence-electron chi connectivity index (χ2n) is 9.38. The lowest BCUT2D eigenvalue weighted by Crippen LogP contribution is -2.45. The van der Waals surface area contributed by atoms with Crippen LogP contribution in [0, 0.1) is 19.3 Å². The highest BCUT2D eigenvalue weighted by Crippen LogP contribution is 2.48. The smallest absolute Gasteiger partial charge is 0.158 e. The zero-order chi connectivity index (χ0) is 22.7. The predicted molar refractivity (Wildman–Crippen MR) is 130 cm³/mol. The third-order valence-electron chi connectivity index (χ3n) is 7.36. The number of rotatable bonds is 3. The Labute approximate surface area is 197 Å². The molecule has 8 nitrogen and oxygen atoms in total. The maximum Gasteiger partial charge on any atom is 0.158 e. The van der Waals surface area contributed by atoms with Crippen LogP contribution in [-0.4, -0.2) is 37.2 Å². The Morgan fingerprint density at radius 1 is 1.18 bits per heavy atom. The van der Waals surface area contributed by atoms with Gasteiger partial charge in [0.05, 0.1) is 17.9 Å². The molecule has 0 aliphatic carbocycles. The van der Waals surface area contributed by atoms with Crippen molar-refractivity contribution >= 4 is 28.9 Å². The van der Waals surface area contributed by atoms with E-state index in [0.29, 0.717) is 5.82 Å². The molecule has 9 heteroatoms. The van der Waals surface area contributed by atoms with Gasteiger partial charge in [0.15, 0.2) is 5.82 Å². The van der Waals surface area contributed by atoms with E-state index in [-0.39, 0.29) is 11.5 Å². The number of piperidine rings is 1. The van der Waals surface area contributed by atoms with Gasteiger partial charge in [0.1, 0.15) is 10.8 Å². The molecule has 6 heterocycles. The van der Waals surface area contributed by atoms with Gasteiger partial charge in [-0.25, -0.2) is 9.97 Å². The molecule has 0 saturated carbocycles. The van der Waals surface area contributed by atoms with Gasteiger partial charge in [-0.3, -0.25) is 4.68 Å². The van der Waals surface area contributed by atoms with E-state index in [1.165, 1.54) is 16.6 Å². The molecular formula is C24H28N8S. The van der Waals surface area contributed by atoms with Crippen LogP contribution in [-0.2, 0) is 6.54 Å². The van der Waals surface area contributed by atoms with Crippen molar-refractivity contribution < 1.29 is 0 Å². The average Bonchev–Trinajstić information content (AvgIpc) is 3.48. The summed E-state index contributed by atoms with van der Waals surface area (Å²) in [5.41, 5.74) is 17.9. The molecule has 2 aliphatic rings. The van der Waals surface area contributed by atoms with Crippen molar-refractivity contribution in [3.8, 4) is 0 Å². The lowest BCUT2D eigenvalue weighted by molar-refractivity contribution is 0.170. The number of nitrogens with zero attached hydrogens (tertiary/aromatic N) is 6. The minimum Gasteiger partial charge on any atom is -0.381 e. The number of aryl methyl sites for hydroxylation is 2. The van der Waals surface area contributed by atoms with E-state index in [2.05, 4.69) is 57.5 Å². The number of nitrogen functional groups attached to an aromatic ring is 1. The summed E-state index contributed by atoms with van der Waals surface area (Å²) in [6, 6.07) is 6.40. The maximum atomic E-state index is 6.62. The number of nitrogens with two attached hydrogens (primary N) is 2. The quantitative estimate of drug-likeness (QED) is 0.482. The predicted octanol–water partition coefficient (Wildman–Crippen LogP) is 3.58. The van der Waals surface area contributed by atoms with Gasteiger partial charge in [0, 0.05) is 54.1 Å². The topological polar surface area (TPSA) is 103 Å². The second kappa shape index (κ2) is 7.50. The molecule has 0 unspecified atom stereocenters. The van der Waals surface area contributed by atoms with Crippen molar-refractivity contribution in [3.05, 3.63) is 59.8 Å². The fourth-order valence-corrected chi connectivity index (χ4v) is 6.22. The Balaban J connectivity index is 1.18. The molecule has 4 aromatic heterocycles. The van der Waals surface area contributed by atoms with Gasteiger partial charge in [-0.2, -0.15) is 5.10 Å². The largest absolute Gasteiger partial charge is 0.381 e.